The van der Waals surface area contributed by atoms with Crippen molar-refractivity contribution in [3.05, 3.63) is 12.2 Å². The zero-order valence-corrected chi connectivity index (χ0v) is 9.45. The Hall–Kier alpha value is 0.127. The van der Waals surface area contributed by atoms with Gasteiger partial charge in [-0.25, -0.2) is 0 Å². The summed E-state index contributed by atoms with van der Waals surface area (Å²) in [6.07, 6.45) is 5.40. The van der Waals surface area contributed by atoms with Crippen molar-refractivity contribution in [3.63, 3.8) is 0 Å². The second kappa shape index (κ2) is 3.36. The summed E-state index contributed by atoms with van der Waals surface area (Å²) in [6.45, 7) is 0. The van der Waals surface area contributed by atoms with Crippen LogP contribution in [-0.4, -0.2) is 34.3 Å². The summed E-state index contributed by atoms with van der Waals surface area (Å²) < 4.78 is 16.2. The highest BCUT2D eigenvalue weighted by Crippen LogP contribution is 2.45. The molecule has 0 radical (unpaired) electrons. The Kier molecular flexibility index (Phi) is 2.50. The van der Waals surface area contributed by atoms with E-state index >= 15 is 0 Å². The number of rotatable bonds is 3. The van der Waals surface area contributed by atoms with Gasteiger partial charge in [-0.2, -0.15) is 0 Å². The van der Waals surface area contributed by atoms with Crippen LogP contribution in [0.2, 0.25) is 5.54 Å². The summed E-state index contributed by atoms with van der Waals surface area (Å²) in [5, 5.41) is 0. The van der Waals surface area contributed by atoms with Gasteiger partial charge < -0.3 is 13.6 Å². The minimum Gasteiger partial charge on any atom is -0.386 e. The first-order valence-corrected chi connectivity index (χ1v) is 7.23. The quantitative estimate of drug-likeness (QED) is 0.411. The monoisotopic (exact) mass is 220 g/mol. The fraction of sp³-hybridized carbons (Fsp3) is 0.750. The van der Waals surface area contributed by atoms with E-state index < -0.39 is 7.87 Å². The van der Waals surface area contributed by atoms with E-state index in [-0.39, 0.29) is 17.7 Å². The summed E-state index contributed by atoms with van der Waals surface area (Å²) >= 11 is 6.29. The fourth-order valence-corrected chi connectivity index (χ4v) is 4.50. The van der Waals surface area contributed by atoms with Gasteiger partial charge in [0, 0.05) is 19.8 Å². The number of ether oxygens (including phenoxy) is 1. The van der Waals surface area contributed by atoms with Crippen molar-refractivity contribution in [1.82, 2.24) is 0 Å². The Morgan fingerprint density at radius 2 is 2.08 bits per heavy atom. The molecule has 2 aliphatic heterocycles. The topological polar surface area (TPSA) is 27.7 Å². The maximum Gasteiger partial charge on any atom is 0.448 e. The molecule has 0 amide bonds. The molecule has 2 bridgehead atoms. The third-order valence-corrected chi connectivity index (χ3v) is 7.06. The van der Waals surface area contributed by atoms with Gasteiger partial charge in [-0.15, -0.1) is 0 Å². The van der Waals surface area contributed by atoms with Gasteiger partial charge in [0.15, 0.2) is 0 Å². The molecule has 1 fully saturated rings. The van der Waals surface area contributed by atoms with Gasteiger partial charge in [0.2, 0.25) is 0 Å². The largest absolute Gasteiger partial charge is 0.448 e. The number of hydrogen-bond donors (Lipinski definition) is 0. The van der Waals surface area contributed by atoms with Crippen LogP contribution < -0.4 is 0 Å². The minimum atomic E-state index is -2.52. The number of hydrogen-bond acceptors (Lipinski definition) is 3. The van der Waals surface area contributed by atoms with Crippen molar-refractivity contribution in [2.75, 3.05) is 14.2 Å². The predicted molar refractivity (Wildman–Crippen MR) is 51.8 cm³/mol. The fourth-order valence-electron chi connectivity index (χ4n) is 2.00. The zero-order valence-electron chi connectivity index (χ0n) is 7.70. The van der Waals surface area contributed by atoms with Crippen LogP contribution in [0, 0.1) is 0 Å². The summed E-state index contributed by atoms with van der Waals surface area (Å²) in [5.74, 6) is 0. The molecule has 2 aliphatic rings. The molecule has 0 saturated carbocycles. The maximum atomic E-state index is 6.29. The summed E-state index contributed by atoms with van der Waals surface area (Å²) in [5.41, 5.74) is 0.221. The summed E-state index contributed by atoms with van der Waals surface area (Å²) in [4.78, 5) is 0. The molecule has 0 spiro atoms. The first kappa shape index (κ1) is 9.67. The van der Waals surface area contributed by atoms with Crippen LogP contribution >= 0.6 is 11.1 Å². The molecule has 0 aromatic rings. The van der Waals surface area contributed by atoms with E-state index in [9.17, 15) is 0 Å². The van der Waals surface area contributed by atoms with E-state index in [4.69, 9.17) is 24.7 Å². The second-order valence-corrected chi connectivity index (χ2v) is 7.66. The van der Waals surface area contributed by atoms with Gasteiger partial charge in [0.25, 0.3) is 0 Å². The van der Waals surface area contributed by atoms with Crippen LogP contribution in [0.5, 0.6) is 0 Å². The van der Waals surface area contributed by atoms with Crippen LogP contribution in [0.25, 0.3) is 0 Å². The molecule has 0 N–H and O–H groups in total. The Balaban J connectivity index is 2.13. The van der Waals surface area contributed by atoms with Crippen molar-refractivity contribution >= 4 is 18.9 Å². The predicted octanol–water partition coefficient (Wildman–Crippen LogP) is 1.55. The summed E-state index contributed by atoms with van der Waals surface area (Å²) in [7, 11) is 0.697. The Bertz CT molecular complexity index is 229. The van der Waals surface area contributed by atoms with Crippen molar-refractivity contribution < 1.29 is 13.6 Å². The van der Waals surface area contributed by atoms with Crippen molar-refractivity contribution in [3.8, 4) is 0 Å². The maximum absolute atomic E-state index is 6.29. The molecule has 74 valence electrons. The molecule has 3 nitrogen and oxygen atoms in total. The normalized spacial score (nSPS) is 37.3. The van der Waals surface area contributed by atoms with Crippen molar-refractivity contribution in [2.45, 2.75) is 24.2 Å². The molecule has 2 heterocycles. The first-order valence-electron chi connectivity index (χ1n) is 4.32. The molecule has 0 aromatic heterocycles. The lowest BCUT2D eigenvalue weighted by Crippen LogP contribution is -2.42. The van der Waals surface area contributed by atoms with Crippen LogP contribution in [0.4, 0.5) is 0 Å². The van der Waals surface area contributed by atoms with E-state index in [1.807, 2.05) is 0 Å². The van der Waals surface area contributed by atoms with Gasteiger partial charge in [-0.3, -0.25) is 0 Å². The second-order valence-electron chi connectivity index (χ2n) is 3.36. The van der Waals surface area contributed by atoms with E-state index in [0.29, 0.717) is 0 Å². The number of fused-ring (bicyclic) bond motifs is 2. The van der Waals surface area contributed by atoms with Gasteiger partial charge >= 0.3 is 7.87 Å². The molecule has 0 aromatic carbocycles. The molecule has 3 unspecified atom stereocenters. The molecular weight excluding hydrogens is 208 g/mol. The lowest BCUT2D eigenvalue weighted by molar-refractivity contribution is 0.116. The van der Waals surface area contributed by atoms with Gasteiger partial charge in [-0.05, 0) is 6.42 Å². The summed E-state index contributed by atoms with van der Waals surface area (Å²) in [6, 6.07) is 0. The lowest BCUT2D eigenvalue weighted by Gasteiger charge is -2.28. The number of halogens is 1. The third kappa shape index (κ3) is 1.47. The van der Waals surface area contributed by atoms with Crippen molar-refractivity contribution in [2.24, 2.45) is 0 Å². The van der Waals surface area contributed by atoms with Crippen LogP contribution in [0.15, 0.2) is 12.2 Å². The molecule has 0 aliphatic carbocycles. The Morgan fingerprint density at radius 3 is 2.46 bits per heavy atom. The molecule has 13 heavy (non-hydrogen) atoms. The van der Waals surface area contributed by atoms with Crippen molar-refractivity contribution in [1.29, 1.82) is 0 Å². The Morgan fingerprint density at radius 1 is 1.38 bits per heavy atom. The molecule has 1 saturated heterocycles. The van der Waals surface area contributed by atoms with Crippen LogP contribution in [0.1, 0.15) is 6.42 Å². The Labute approximate surface area is 83.6 Å². The zero-order chi connectivity index (χ0) is 9.47. The van der Waals surface area contributed by atoms with E-state index in [0.717, 1.165) is 6.42 Å². The lowest BCUT2D eigenvalue weighted by atomic mass is 10.1. The standard InChI is InChI=1S/C8H13ClO3Si/c1-10-13(9,11-2)8-5-6-3-4-7(8)12-6/h3-4,6-8H,5H2,1-2H3. The van der Waals surface area contributed by atoms with Gasteiger partial charge in [-0.1, -0.05) is 23.2 Å². The molecule has 2 rings (SSSR count). The molecule has 3 atom stereocenters. The van der Waals surface area contributed by atoms with E-state index in [2.05, 4.69) is 12.2 Å². The van der Waals surface area contributed by atoms with E-state index in [1.165, 1.54) is 0 Å². The van der Waals surface area contributed by atoms with Gasteiger partial charge in [0.05, 0.1) is 12.2 Å². The molecule has 5 heteroatoms. The van der Waals surface area contributed by atoms with Gasteiger partial charge in [0.1, 0.15) is 0 Å². The highest BCUT2D eigenvalue weighted by atomic mass is 35.6. The SMILES string of the molecule is CO[Si](Cl)(OC)C1CC2C=CC1O2. The average Bonchev–Trinajstić information content (AvgIpc) is 2.77. The smallest absolute Gasteiger partial charge is 0.386 e. The average molecular weight is 221 g/mol. The highest BCUT2D eigenvalue weighted by molar-refractivity contribution is 7.13. The van der Waals surface area contributed by atoms with Crippen LogP contribution in [0.3, 0.4) is 0 Å². The molecular formula is C8H13ClO3Si. The third-order valence-electron chi connectivity index (χ3n) is 2.73. The first-order chi connectivity index (χ1) is 6.19. The highest BCUT2D eigenvalue weighted by Gasteiger charge is 2.53. The minimum absolute atomic E-state index is 0.106. The van der Waals surface area contributed by atoms with Crippen LogP contribution in [-0.2, 0) is 13.6 Å². The van der Waals surface area contributed by atoms with E-state index in [1.54, 1.807) is 14.2 Å².